The molecule has 0 unspecified atom stereocenters. The molecular weight excluding hydrogens is 326 g/mol. The van der Waals surface area contributed by atoms with Crippen molar-refractivity contribution < 1.29 is 9.47 Å². The Morgan fingerprint density at radius 3 is 2.27 bits per heavy atom. The number of hydrogen-bond donors (Lipinski definition) is 1. The summed E-state index contributed by atoms with van der Waals surface area (Å²) in [4.78, 5) is 4.85. The van der Waals surface area contributed by atoms with Crippen LogP contribution in [0.5, 0.6) is 11.5 Å². The third-order valence-corrected chi connectivity index (χ3v) is 4.95. The van der Waals surface area contributed by atoms with Gasteiger partial charge in [0.05, 0.1) is 19.9 Å². The van der Waals surface area contributed by atoms with E-state index in [9.17, 15) is 0 Å². The highest BCUT2D eigenvalue weighted by Crippen LogP contribution is 2.28. The van der Waals surface area contributed by atoms with E-state index in [0.29, 0.717) is 0 Å². The predicted molar refractivity (Wildman–Crippen MR) is 106 cm³/mol. The second-order valence-corrected chi connectivity index (χ2v) is 6.77. The monoisotopic (exact) mass is 355 g/mol. The maximum absolute atomic E-state index is 6.39. The lowest BCUT2D eigenvalue weighted by atomic mass is 10.1. The van der Waals surface area contributed by atoms with E-state index >= 15 is 0 Å². The van der Waals surface area contributed by atoms with Gasteiger partial charge in [-0.15, -0.1) is 0 Å². The first-order valence-corrected chi connectivity index (χ1v) is 9.18. The van der Waals surface area contributed by atoms with Crippen molar-refractivity contribution in [1.82, 2.24) is 4.90 Å². The van der Waals surface area contributed by atoms with Gasteiger partial charge in [-0.25, -0.2) is 0 Å². The van der Waals surface area contributed by atoms with Gasteiger partial charge in [0.1, 0.15) is 11.5 Å². The fourth-order valence-corrected chi connectivity index (χ4v) is 3.52. The van der Waals surface area contributed by atoms with Gasteiger partial charge in [-0.2, -0.15) is 0 Å². The van der Waals surface area contributed by atoms with E-state index in [4.69, 9.17) is 15.2 Å². The Balaban J connectivity index is 1.48. The van der Waals surface area contributed by atoms with E-state index < -0.39 is 0 Å². The number of piperazine rings is 1. The Morgan fingerprint density at radius 1 is 0.923 bits per heavy atom. The Morgan fingerprint density at radius 2 is 1.62 bits per heavy atom. The highest BCUT2D eigenvalue weighted by atomic mass is 16.5. The number of nitrogens with two attached hydrogens (primary N) is 1. The topological polar surface area (TPSA) is 51.0 Å². The number of methoxy groups -OCH3 is 2. The second kappa shape index (κ2) is 8.92. The Kier molecular flexibility index (Phi) is 6.36. The van der Waals surface area contributed by atoms with Crippen LogP contribution in [0.15, 0.2) is 48.5 Å². The van der Waals surface area contributed by atoms with Crippen molar-refractivity contribution >= 4 is 5.69 Å². The molecule has 26 heavy (non-hydrogen) atoms. The minimum absolute atomic E-state index is 0.140. The molecule has 0 aliphatic carbocycles. The average Bonchev–Trinajstić information content (AvgIpc) is 2.69. The molecule has 2 aromatic carbocycles. The zero-order valence-electron chi connectivity index (χ0n) is 15.7. The van der Waals surface area contributed by atoms with Crippen LogP contribution in [0.1, 0.15) is 5.56 Å². The predicted octanol–water partition coefficient (Wildman–Crippen LogP) is 2.40. The molecule has 5 nitrogen and oxygen atoms in total. The van der Waals surface area contributed by atoms with Crippen molar-refractivity contribution in [2.24, 2.45) is 5.73 Å². The Labute approximate surface area is 156 Å². The van der Waals surface area contributed by atoms with Gasteiger partial charge in [0.2, 0.25) is 0 Å². The summed E-state index contributed by atoms with van der Waals surface area (Å²) in [5.74, 6) is 1.83. The molecular formula is C21H29N3O2. The second-order valence-electron chi connectivity index (χ2n) is 6.77. The zero-order chi connectivity index (χ0) is 18.4. The maximum atomic E-state index is 6.39. The van der Waals surface area contributed by atoms with E-state index in [0.717, 1.165) is 50.6 Å². The molecule has 140 valence electrons. The van der Waals surface area contributed by atoms with Gasteiger partial charge in [-0.3, -0.25) is 4.90 Å². The number of nitrogens with zero attached hydrogens (tertiary/aromatic N) is 2. The molecule has 2 N–H and O–H groups in total. The van der Waals surface area contributed by atoms with Crippen LogP contribution >= 0.6 is 0 Å². The lowest BCUT2D eigenvalue weighted by Crippen LogP contribution is -2.50. The molecule has 1 heterocycles. The smallest absolute Gasteiger partial charge is 0.142 e. The number of ether oxygens (including phenoxy) is 2. The maximum Gasteiger partial charge on any atom is 0.142 e. The van der Waals surface area contributed by atoms with E-state index in [2.05, 4.69) is 34.1 Å². The van der Waals surface area contributed by atoms with Crippen LogP contribution in [-0.4, -0.2) is 57.9 Å². The normalized spacial score (nSPS) is 16.3. The third kappa shape index (κ3) is 4.68. The van der Waals surface area contributed by atoms with E-state index in [1.807, 2.05) is 24.3 Å². The summed E-state index contributed by atoms with van der Waals surface area (Å²) in [6.45, 7) is 4.96. The van der Waals surface area contributed by atoms with Gasteiger partial charge in [0.15, 0.2) is 0 Å². The first-order chi connectivity index (χ1) is 12.7. The first kappa shape index (κ1) is 18.5. The number of benzene rings is 2. The molecule has 5 heteroatoms. The molecule has 0 saturated carbocycles. The molecule has 1 aliphatic heterocycles. The summed E-state index contributed by atoms with van der Waals surface area (Å²) in [5, 5.41) is 0. The summed E-state index contributed by atoms with van der Waals surface area (Å²) in [5.41, 5.74) is 8.83. The molecule has 2 aromatic rings. The molecule has 3 rings (SSSR count). The van der Waals surface area contributed by atoms with Gasteiger partial charge in [-0.05, 0) is 36.2 Å². The van der Waals surface area contributed by atoms with Crippen LogP contribution in [-0.2, 0) is 6.42 Å². The molecule has 0 amide bonds. The van der Waals surface area contributed by atoms with Crippen LogP contribution in [0.2, 0.25) is 0 Å². The van der Waals surface area contributed by atoms with Crippen LogP contribution in [0.3, 0.4) is 0 Å². The number of anilines is 1. The van der Waals surface area contributed by atoms with Crippen LogP contribution in [0.4, 0.5) is 5.69 Å². The fraction of sp³-hybridized carbons (Fsp3) is 0.429. The van der Waals surface area contributed by atoms with Crippen molar-refractivity contribution in [2.45, 2.75) is 12.5 Å². The van der Waals surface area contributed by atoms with Gasteiger partial charge < -0.3 is 20.1 Å². The van der Waals surface area contributed by atoms with Crippen molar-refractivity contribution in [1.29, 1.82) is 0 Å². The molecule has 0 aromatic heterocycles. The molecule has 0 radical (unpaired) electrons. The molecule has 0 bridgehead atoms. The van der Waals surface area contributed by atoms with E-state index in [1.165, 1.54) is 11.3 Å². The van der Waals surface area contributed by atoms with Crippen LogP contribution in [0, 0.1) is 0 Å². The minimum Gasteiger partial charge on any atom is -0.497 e. The highest BCUT2D eigenvalue weighted by molar-refractivity contribution is 5.58. The molecule has 0 spiro atoms. The lowest BCUT2D eigenvalue weighted by Gasteiger charge is -2.37. The van der Waals surface area contributed by atoms with Crippen molar-refractivity contribution in [3.8, 4) is 11.5 Å². The fourth-order valence-electron chi connectivity index (χ4n) is 3.52. The summed E-state index contributed by atoms with van der Waals surface area (Å²) in [7, 11) is 3.42. The average molecular weight is 355 g/mol. The summed E-state index contributed by atoms with van der Waals surface area (Å²) >= 11 is 0. The lowest BCUT2D eigenvalue weighted by molar-refractivity contribution is 0.241. The SMILES string of the molecule is COc1ccc(C[C@@H](N)CN2CCN(c3ccccc3OC)CC2)cc1. The summed E-state index contributed by atoms with van der Waals surface area (Å²) in [6, 6.07) is 16.5. The highest BCUT2D eigenvalue weighted by Gasteiger charge is 2.20. The quantitative estimate of drug-likeness (QED) is 0.826. The van der Waals surface area contributed by atoms with Gasteiger partial charge in [0, 0.05) is 38.8 Å². The van der Waals surface area contributed by atoms with Gasteiger partial charge >= 0.3 is 0 Å². The van der Waals surface area contributed by atoms with Crippen molar-refractivity contribution in [3.05, 3.63) is 54.1 Å². The number of rotatable bonds is 7. The minimum atomic E-state index is 0.140. The molecule has 1 atom stereocenters. The summed E-state index contributed by atoms with van der Waals surface area (Å²) in [6.07, 6.45) is 0.886. The standard InChI is InChI=1S/C21H29N3O2/c1-25-19-9-7-17(8-10-19)15-18(22)16-23-11-13-24(14-12-23)20-5-3-4-6-21(20)26-2/h3-10,18H,11-16,22H2,1-2H3/t18-/m1/s1. The molecule has 1 fully saturated rings. The zero-order valence-corrected chi connectivity index (χ0v) is 15.7. The van der Waals surface area contributed by atoms with Crippen molar-refractivity contribution in [3.63, 3.8) is 0 Å². The Bertz CT molecular complexity index is 682. The van der Waals surface area contributed by atoms with E-state index in [-0.39, 0.29) is 6.04 Å². The molecule has 1 saturated heterocycles. The first-order valence-electron chi connectivity index (χ1n) is 9.18. The van der Waals surface area contributed by atoms with Crippen LogP contribution < -0.4 is 20.1 Å². The number of hydrogen-bond acceptors (Lipinski definition) is 5. The van der Waals surface area contributed by atoms with Crippen molar-refractivity contribution in [2.75, 3.05) is 51.8 Å². The Hall–Kier alpha value is -2.24. The molecule has 1 aliphatic rings. The summed E-state index contributed by atoms with van der Waals surface area (Å²) < 4.78 is 10.7. The van der Waals surface area contributed by atoms with Gasteiger partial charge in [0.25, 0.3) is 0 Å². The van der Waals surface area contributed by atoms with E-state index in [1.54, 1.807) is 14.2 Å². The van der Waals surface area contributed by atoms with Gasteiger partial charge in [-0.1, -0.05) is 24.3 Å². The number of para-hydroxylation sites is 2. The largest absolute Gasteiger partial charge is 0.497 e. The third-order valence-electron chi connectivity index (χ3n) is 4.95. The van der Waals surface area contributed by atoms with Crippen LogP contribution in [0.25, 0.3) is 0 Å².